The van der Waals surface area contributed by atoms with Crippen LogP contribution in [0.15, 0.2) is 16.9 Å². The second kappa shape index (κ2) is 5.80. The quantitative estimate of drug-likeness (QED) is 0.798. The molecule has 1 aliphatic rings. The van der Waals surface area contributed by atoms with Gasteiger partial charge in [-0.1, -0.05) is 12.8 Å². The third-order valence-corrected chi connectivity index (χ3v) is 3.84. The predicted octanol–water partition coefficient (Wildman–Crippen LogP) is 2.12. The van der Waals surface area contributed by atoms with Gasteiger partial charge in [0.1, 0.15) is 11.3 Å². The second-order valence-corrected chi connectivity index (χ2v) is 6.06. The van der Waals surface area contributed by atoms with Crippen molar-refractivity contribution in [3.05, 3.63) is 28.2 Å². The highest BCUT2D eigenvalue weighted by molar-refractivity contribution is 5.29. The molecule has 1 fully saturated rings. The minimum atomic E-state index is -0.896. The molecular weight excluding hydrogens is 252 g/mol. The van der Waals surface area contributed by atoms with Crippen LogP contribution in [0.2, 0.25) is 0 Å². The first-order chi connectivity index (χ1) is 9.39. The molecule has 0 amide bonds. The molecule has 1 aromatic rings. The molecular formula is C16H22N2O2. The van der Waals surface area contributed by atoms with Crippen molar-refractivity contribution in [3.8, 4) is 11.8 Å². The van der Waals surface area contributed by atoms with E-state index in [1.54, 1.807) is 6.07 Å². The molecule has 1 aliphatic carbocycles. The summed E-state index contributed by atoms with van der Waals surface area (Å²) in [6.07, 6.45) is 3.43. The first-order valence-electron chi connectivity index (χ1n) is 7.25. The summed E-state index contributed by atoms with van der Waals surface area (Å²) < 4.78 is 1.41. The Hall–Kier alpha value is -1.60. The first kappa shape index (κ1) is 14.8. The standard InChI is InChI=1S/C16H22N2O2/c1-12(2)18-15(19)5-4-14(17-18)8-11-16(20)9-6-13(3)7-10-16/h4-5,12-13,20H,6-7,9-10H2,1-3H3. The van der Waals surface area contributed by atoms with Crippen LogP contribution in [0.1, 0.15) is 58.2 Å². The van der Waals surface area contributed by atoms with Gasteiger partial charge < -0.3 is 5.11 Å². The molecule has 0 unspecified atom stereocenters. The zero-order valence-corrected chi connectivity index (χ0v) is 12.4. The maximum atomic E-state index is 11.6. The summed E-state index contributed by atoms with van der Waals surface area (Å²) >= 11 is 0. The summed E-state index contributed by atoms with van der Waals surface area (Å²) in [5.41, 5.74) is -0.492. The molecule has 1 N–H and O–H groups in total. The molecule has 0 saturated heterocycles. The summed E-state index contributed by atoms with van der Waals surface area (Å²) in [4.78, 5) is 11.6. The summed E-state index contributed by atoms with van der Waals surface area (Å²) in [7, 11) is 0. The van der Waals surface area contributed by atoms with E-state index in [9.17, 15) is 9.90 Å². The van der Waals surface area contributed by atoms with E-state index in [1.165, 1.54) is 10.7 Å². The van der Waals surface area contributed by atoms with Gasteiger partial charge in [0.05, 0.1) is 6.04 Å². The SMILES string of the molecule is CC1CCC(O)(C#Cc2ccc(=O)n(C(C)C)n2)CC1. The fourth-order valence-electron chi connectivity index (χ4n) is 2.41. The smallest absolute Gasteiger partial charge is 0.267 e. The van der Waals surface area contributed by atoms with Gasteiger partial charge in [0.15, 0.2) is 0 Å². The molecule has 0 bridgehead atoms. The molecule has 0 atom stereocenters. The van der Waals surface area contributed by atoms with Crippen molar-refractivity contribution in [2.45, 2.75) is 58.1 Å². The molecule has 0 aliphatic heterocycles. The highest BCUT2D eigenvalue weighted by Gasteiger charge is 2.29. The number of nitrogens with zero attached hydrogens (tertiary/aromatic N) is 2. The Morgan fingerprint density at radius 3 is 2.65 bits per heavy atom. The van der Waals surface area contributed by atoms with Gasteiger partial charge in [-0.15, -0.1) is 0 Å². The van der Waals surface area contributed by atoms with Crippen LogP contribution < -0.4 is 5.56 Å². The lowest BCUT2D eigenvalue weighted by molar-refractivity contribution is 0.0471. The Labute approximate surface area is 119 Å². The Kier molecular flexibility index (Phi) is 4.29. The van der Waals surface area contributed by atoms with E-state index in [0.717, 1.165) is 12.8 Å². The molecule has 1 saturated carbocycles. The Bertz CT molecular complexity index is 584. The highest BCUT2D eigenvalue weighted by atomic mass is 16.3. The fraction of sp³-hybridized carbons (Fsp3) is 0.625. The van der Waals surface area contributed by atoms with Gasteiger partial charge in [-0.25, -0.2) is 4.68 Å². The third-order valence-electron chi connectivity index (χ3n) is 3.84. The van der Waals surface area contributed by atoms with E-state index in [0.29, 0.717) is 24.5 Å². The Morgan fingerprint density at radius 2 is 2.05 bits per heavy atom. The van der Waals surface area contributed by atoms with Crippen molar-refractivity contribution in [3.63, 3.8) is 0 Å². The van der Waals surface area contributed by atoms with Crippen molar-refractivity contribution < 1.29 is 5.11 Å². The van der Waals surface area contributed by atoms with Crippen LogP contribution in [-0.4, -0.2) is 20.5 Å². The van der Waals surface area contributed by atoms with Gasteiger partial charge in [-0.3, -0.25) is 4.79 Å². The van der Waals surface area contributed by atoms with E-state index >= 15 is 0 Å². The summed E-state index contributed by atoms with van der Waals surface area (Å²) in [6, 6.07) is 3.09. The number of aromatic nitrogens is 2. The maximum Gasteiger partial charge on any atom is 0.267 e. The first-order valence-corrected chi connectivity index (χ1v) is 7.25. The van der Waals surface area contributed by atoms with E-state index in [1.807, 2.05) is 13.8 Å². The Morgan fingerprint density at radius 1 is 1.40 bits per heavy atom. The molecule has 0 aromatic carbocycles. The van der Waals surface area contributed by atoms with E-state index < -0.39 is 5.60 Å². The van der Waals surface area contributed by atoms with Gasteiger partial charge in [0.2, 0.25) is 0 Å². The highest BCUT2D eigenvalue weighted by Crippen LogP contribution is 2.31. The molecule has 1 heterocycles. The summed E-state index contributed by atoms with van der Waals surface area (Å²) in [5.74, 6) is 6.53. The summed E-state index contributed by atoms with van der Waals surface area (Å²) in [5, 5.41) is 14.6. The predicted molar refractivity (Wildman–Crippen MR) is 78.3 cm³/mol. The fourth-order valence-corrected chi connectivity index (χ4v) is 2.41. The molecule has 4 heteroatoms. The zero-order chi connectivity index (χ0) is 14.8. The van der Waals surface area contributed by atoms with Crippen LogP contribution in [-0.2, 0) is 0 Å². The lowest BCUT2D eigenvalue weighted by atomic mass is 9.80. The second-order valence-electron chi connectivity index (χ2n) is 6.06. The zero-order valence-electron chi connectivity index (χ0n) is 12.4. The van der Waals surface area contributed by atoms with Gasteiger partial charge >= 0.3 is 0 Å². The van der Waals surface area contributed by atoms with E-state index in [2.05, 4.69) is 23.9 Å². The van der Waals surface area contributed by atoms with Gasteiger partial charge in [-0.05, 0) is 57.4 Å². The third kappa shape index (κ3) is 3.49. The van der Waals surface area contributed by atoms with Crippen molar-refractivity contribution >= 4 is 0 Å². The topological polar surface area (TPSA) is 55.1 Å². The molecule has 20 heavy (non-hydrogen) atoms. The maximum absolute atomic E-state index is 11.6. The molecule has 0 radical (unpaired) electrons. The number of hydrogen-bond donors (Lipinski definition) is 1. The lowest BCUT2D eigenvalue weighted by Crippen LogP contribution is -2.31. The van der Waals surface area contributed by atoms with Crippen molar-refractivity contribution in [2.24, 2.45) is 5.92 Å². The average molecular weight is 274 g/mol. The number of rotatable bonds is 1. The molecule has 1 aromatic heterocycles. The molecule has 2 rings (SSSR count). The van der Waals surface area contributed by atoms with E-state index in [-0.39, 0.29) is 11.6 Å². The van der Waals surface area contributed by atoms with Crippen molar-refractivity contribution in [1.82, 2.24) is 9.78 Å². The largest absolute Gasteiger partial charge is 0.378 e. The Balaban J connectivity index is 2.21. The van der Waals surface area contributed by atoms with Crippen LogP contribution in [0.25, 0.3) is 0 Å². The molecule has 4 nitrogen and oxygen atoms in total. The van der Waals surface area contributed by atoms with Crippen molar-refractivity contribution in [1.29, 1.82) is 0 Å². The van der Waals surface area contributed by atoms with E-state index in [4.69, 9.17) is 0 Å². The van der Waals surface area contributed by atoms with Crippen LogP contribution in [0.3, 0.4) is 0 Å². The van der Waals surface area contributed by atoms with Crippen LogP contribution in [0.4, 0.5) is 0 Å². The van der Waals surface area contributed by atoms with Crippen molar-refractivity contribution in [2.75, 3.05) is 0 Å². The molecule has 108 valence electrons. The van der Waals surface area contributed by atoms with Crippen LogP contribution >= 0.6 is 0 Å². The van der Waals surface area contributed by atoms with Gasteiger partial charge in [0, 0.05) is 6.07 Å². The lowest BCUT2D eigenvalue weighted by Gasteiger charge is -2.30. The number of hydrogen-bond acceptors (Lipinski definition) is 3. The molecule has 0 spiro atoms. The average Bonchev–Trinajstić information content (AvgIpc) is 2.41. The summed E-state index contributed by atoms with van der Waals surface area (Å²) in [6.45, 7) is 6.01. The minimum absolute atomic E-state index is 0.00265. The normalized spacial score (nSPS) is 26.1. The van der Waals surface area contributed by atoms with Crippen LogP contribution in [0, 0.1) is 17.8 Å². The van der Waals surface area contributed by atoms with Crippen LogP contribution in [0.5, 0.6) is 0 Å². The minimum Gasteiger partial charge on any atom is -0.378 e. The van der Waals surface area contributed by atoms with Gasteiger partial charge in [0.25, 0.3) is 5.56 Å². The van der Waals surface area contributed by atoms with Gasteiger partial charge in [-0.2, -0.15) is 5.10 Å². The monoisotopic (exact) mass is 274 g/mol. The number of aliphatic hydroxyl groups is 1.